The summed E-state index contributed by atoms with van der Waals surface area (Å²) in [5.41, 5.74) is 7.55. The summed E-state index contributed by atoms with van der Waals surface area (Å²) in [5.74, 6) is 0.481. The van der Waals surface area contributed by atoms with Gasteiger partial charge >= 0.3 is 0 Å². The Hall–Kier alpha value is -4.32. The molecule has 1 unspecified atom stereocenters. The Bertz CT molecular complexity index is 1570. The average molecular weight is 499 g/mol. The summed E-state index contributed by atoms with van der Waals surface area (Å²) in [6, 6.07) is 29.2. The van der Waals surface area contributed by atoms with Gasteiger partial charge < -0.3 is 0 Å². The topological polar surface area (TPSA) is 73.4 Å². The van der Waals surface area contributed by atoms with Crippen LogP contribution in [0, 0.1) is 28.6 Å². The molecule has 0 spiro atoms. The van der Waals surface area contributed by atoms with Crippen LogP contribution in [0.1, 0.15) is 40.1 Å². The van der Waals surface area contributed by atoms with Crippen molar-refractivity contribution in [2.45, 2.75) is 32.1 Å². The van der Waals surface area contributed by atoms with E-state index in [-0.39, 0.29) is 0 Å². The van der Waals surface area contributed by atoms with Crippen molar-refractivity contribution in [2.75, 3.05) is 0 Å². The lowest BCUT2D eigenvalue weighted by Crippen LogP contribution is -2.08. The molecule has 0 amide bonds. The van der Waals surface area contributed by atoms with Crippen molar-refractivity contribution >= 4 is 22.1 Å². The first-order chi connectivity index (χ1) is 18.2. The fourth-order valence-electron chi connectivity index (χ4n) is 4.86. The number of aromatic nitrogens is 2. The molecule has 5 heteroatoms. The first-order valence-corrected chi connectivity index (χ1v) is 13.3. The van der Waals surface area contributed by atoms with Crippen LogP contribution >= 0.6 is 11.3 Å². The molecule has 37 heavy (non-hydrogen) atoms. The molecule has 2 heterocycles. The molecular weight excluding hydrogens is 472 g/mol. The van der Waals surface area contributed by atoms with Gasteiger partial charge in [-0.3, -0.25) is 9.97 Å². The van der Waals surface area contributed by atoms with Crippen molar-refractivity contribution in [3.8, 4) is 23.3 Å². The smallest absolute Gasteiger partial charge is 0.101 e. The fraction of sp³-hybridized carbons (Fsp3) is 0.188. The molecule has 0 radical (unpaired) electrons. The predicted molar refractivity (Wildman–Crippen MR) is 149 cm³/mol. The largest absolute Gasteiger partial charge is 0.260 e. The van der Waals surface area contributed by atoms with Gasteiger partial charge in [0.15, 0.2) is 0 Å². The molecule has 0 saturated carbocycles. The van der Waals surface area contributed by atoms with E-state index >= 15 is 0 Å². The molecule has 0 aliphatic rings. The van der Waals surface area contributed by atoms with Gasteiger partial charge in [0.2, 0.25) is 0 Å². The van der Waals surface area contributed by atoms with E-state index in [4.69, 9.17) is 5.26 Å². The summed E-state index contributed by atoms with van der Waals surface area (Å²) in [7, 11) is 0. The van der Waals surface area contributed by atoms with Gasteiger partial charge in [-0.2, -0.15) is 10.5 Å². The normalized spacial score (nSPS) is 11.6. The Morgan fingerprint density at radius 1 is 0.811 bits per heavy atom. The van der Waals surface area contributed by atoms with Gasteiger partial charge in [0.1, 0.15) is 6.07 Å². The minimum atomic E-state index is 0.481. The van der Waals surface area contributed by atoms with E-state index in [9.17, 15) is 5.26 Å². The van der Waals surface area contributed by atoms with E-state index < -0.39 is 0 Å². The highest BCUT2D eigenvalue weighted by Crippen LogP contribution is 2.32. The first kappa shape index (κ1) is 24.4. The van der Waals surface area contributed by atoms with E-state index in [2.05, 4.69) is 70.6 Å². The molecule has 0 bridgehead atoms. The second kappa shape index (κ2) is 11.6. The Labute approximate surface area is 221 Å². The highest BCUT2D eigenvalue weighted by molar-refractivity contribution is 7.09. The second-order valence-electron chi connectivity index (χ2n) is 9.28. The van der Waals surface area contributed by atoms with Gasteiger partial charge in [0, 0.05) is 28.5 Å². The van der Waals surface area contributed by atoms with Crippen molar-refractivity contribution in [2.24, 2.45) is 5.92 Å². The van der Waals surface area contributed by atoms with Crippen molar-refractivity contribution in [1.82, 2.24) is 9.97 Å². The summed E-state index contributed by atoms with van der Waals surface area (Å²) in [6.07, 6.45) is 8.49. The van der Waals surface area contributed by atoms with E-state index in [0.717, 1.165) is 54.3 Å². The van der Waals surface area contributed by atoms with Crippen LogP contribution in [0.5, 0.6) is 0 Å². The number of nitriles is 2. The molecule has 180 valence electrons. The van der Waals surface area contributed by atoms with Gasteiger partial charge in [0.05, 0.1) is 22.7 Å². The summed E-state index contributed by atoms with van der Waals surface area (Å²) in [6.45, 7) is 0. The second-order valence-corrected chi connectivity index (χ2v) is 10.3. The maximum atomic E-state index is 9.84. The quantitative estimate of drug-likeness (QED) is 0.211. The molecule has 0 fully saturated rings. The summed E-state index contributed by atoms with van der Waals surface area (Å²) in [4.78, 5) is 10.0. The molecule has 2 aromatic heterocycles. The van der Waals surface area contributed by atoms with Crippen LogP contribution in [0.2, 0.25) is 0 Å². The Morgan fingerprint density at radius 3 is 2.46 bits per heavy atom. The fourth-order valence-corrected chi connectivity index (χ4v) is 5.58. The van der Waals surface area contributed by atoms with Crippen molar-refractivity contribution in [1.29, 1.82) is 10.5 Å². The number of pyridine rings is 1. The van der Waals surface area contributed by atoms with E-state index in [1.165, 1.54) is 15.8 Å². The van der Waals surface area contributed by atoms with E-state index in [0.29, 0.717) is 17.0 Å². The Kier molecular flexibility index (Phi) is 7.65. The molecule has 0 aliphatic carbocycles. The number of hydrogen-bond acceptors (Lipinski definition) is 5. The van der Waals surface area contributed by atoms with Crippen LogP contribution in [-0.4, -0.2) is 9.97 Å². The van der Waals surface area contributed by atoms with Crippen molar-refractivity contribution < 1.29 is 0 Å². The third-order valence-electron chi connectivity index (χ3n) is 6.86. The van der Waals surface area contributed by atoms with Gasteiger partial charge in [-0.05, 0) is 84.2 Å². The van der Waals surface area contributed by atoms with Gasteiger partial charge in [0.25, 0.3) is 0 Å². The maximum absolute atomic E-state index is 9.84. The van der Waals surface area contributed by atoms with E-state index in [1.807, 2.05) is 36.0 Å². The zero-order valence-corrected chi connectivity index (χ0v) is 21.3. The number of benzene rings is 3. The summed E-state index contributed by atoms with van der Waals surface area (Å²) in [5, 5.41) is 21.2. The third kappa shape index (κ3) is 5.92. The lowest BCUT2D eigenvalue weighted by atomic mass is 9.89. The number of fused-ring (bicyclic) bond motifs is 1. The number of thiazole rings is 1. The Morgan fingerprint density at radius 2 is 1.68 bits per heavy atom. The van der Waals surface area contributed by atoms with Crippen molar-refractivity contribution in [3.05, 3.63) is 118 Å². The maximum Gasteiger partial charge on any atom is 0.101 e. The van der Waals surface area contributed by atoms with Gasteiger partial charge in [-0.1, -0.05) is 48.5 Å². The highest BCUT2D eigenvalue weighted by atomic mass is 32.1. The van der Waals surface area contributed by atoms with Crippen LogP contribution in [0.4, 0.5) is 0 Å². The molecule has 1 atom stereocenters. The SMILES string of the molecule is N#Cc1ccc(CCC(CCc2ccc(C#N)c(-c3cccc4ccccc34)c2)Cc2cncs2)nc1. The lowest BCUT2D eigenvalue weighted by molar-refractivity contribution is 0.449. The highest BCUT2D eigenvalue weighted by Gasteiger charge is 2.14. The summed E-state index contributed by atoms with van der Waals surface area (Å²) >= 11 is 1.71. The van der Waals surface area contributed by atoms with Crippen LogP contribution < -0.4 is 0 Å². The molecular formula is C32H26N4S. The molecule has 3 aromatic carbocycles. The standard InChI is InChI=1S/C32H26N4S/c33-18-25-12-15-28(36-20-25)14-11-23(16-29-21-35-22-37-29)8-9-24-10-13-27(19-34)32(17-24)31-7-3-5-26-4-1-2-6-30(26)31/h1-7,10,12-13,15,17,20-23H,8-9,11,14,16H2. The minimum absolute atomic E-state index is 0.481. The van der Waals surface area contributed by atoms with Crippen LogP contribution in [-0.2, 0) is 19.3 Å². The van der Waals surface area contributed by atoms with Gasteiger partial charge in [-0.25, -0.2) is 0 Å². The van der Waals surface area contributed by atoms with Crippen molar-refractivity contribution in [3.63, 3.8) is 0 Å². The molecule has 5 aromatic rings. The van der Waals surface area contributed by atoms with E-state index in [1.54, 1.807) is 17.5 Å². The van der Waals surface area contributed by atoms with Crippen LogP contribution in [0.15, 0.2) is 90.7 Å². The molecule has 0 N–H and O–H groups in total. The lowest BCUT2D eigenvalue weighted by Gasteiger charge is -2.17. The molecule has 5 rings (SSSR count). The molecule has 4 nitrogen and oxygen atoms in total. The summed E-state index contributed by atoms with van der Waals surface area (Å²) < 4.78 is 0. The number of hydrogen-bond donors (Lipinski definition) is 0. The number of nitrogens with zero attached hydrogens (tertiary/aromatic N) is 4. The zero-order valence-electron chi connectivity index (χ0n) is 20.5. The zero-order chi connectivity index (χ0) is 25.5. The van der Waals surface area contributed by atoms with Crippen LogP contribution in [0.3, 0.4) is 0 Å². The minimum Gasteiger partial charge on any atom is -0.260 e. The third-order valence-corrected chi connectivity index (χ3v) is 7.66. The number of rotatable bonds is 9. The first-order valence-electron chi connectivity index (χ1n) is 12.5. The predicted octanol–water partition coefficient (Wildman–Crippen LogP) is 7.53. The van der Waals surface area contributed by atoms with Crippen LogP contribution in [0.25, 0.3) is 21.9 Å². The molecule has 0 aliphatic heterocycles. The Balaban J connectivity index is 1.36. The monoisotopic (exact) mass is 498 g/mol. The number of aryl methyl sites for hydroxylation is 2. The molecule has 0 saturated heterocycles. The van der Waals surface area contributed by atoms with Gasteiger partial charge in [-0.15, -0.1) is 11.3 Å². The average Bonchev–Trinajstić information content (AvgIpc) is 3.47.